The summed E-state index contributed by atoms with van der Waals surface area (Å²) in [6.07, 6.45) is 3.39. The van der Waals surface area contributed by atoms with Crippen molar-refractivity contribution in [1.29, 1.82) is 0 Å². The van der Waals surface area contributed by atoms with Crippen molar-refractivity contribution in [3.8, 4) is 11.5 Å². The van der Waals surface area contributed by atoms with Crippen LogP contribution < -0.4 is 4.74 Å². The van der Waals surface area contributed by atoms with E-state index in [-0.39, 0.29) is 5.56 Å². The number of carbonyl (C=O) groups is 1. The van der Waals surface area contributed by atoms with Crippen LogP contribution in [0.25, 0.3) is 0 Å². The summed E-state index contributed by atoms with van der Waals surface area (Å²) in [6, 6.07) is 4.60. The molecule has 0 spiro atoms. The molecule has 0 saturated heterocycles. The molecule has 1 heterocycles. The van der Waals surface area contributed by atoms with Gasteiger partial charge in [-0.05, 0) is 41.1 Å². The van der Waals surface area contributed by atoms with Crippen molar-refractivity contribution >= 4 is 21.9 Å². The van der Waals surface area contributed by atoms with Crippen molar-refractivity contribution in [3.63, 3.8) is 0 Å². The molecular formula is C12H11BrN2O3. The summed E-state index contributed by atoms with van der Waals surface area (Å²) in [5, 5.41) is 12.9. The molecule has 5 nitrogen and oxygen atoms in total. The molecule has 94 valence electrons. The number of aromatic carboxylic acids is 1. The van der Waals surface area contributed by atoms with E-state index >= 15 is 0 Å². The lowest BCUT2D eigenvalue weighted by Crippen LogP contribution is -1.96. The van der Waals surface area contributed by atoms with Crippen molar-refractivity contribution < 1.29 is 14.6 Å². The van der Waals surface area contributed by atoms with Crippen LogP contribution in [0.5, 0.6) is 11.5 Å². The predicted octanol–water partition coefficient (Wildman–Crippen LogP) is 3.16. The Hall–Kier alpha value is -1.82. The number of hydrogen-bond donors (Lipinski definition) is 1. The summed E-state index contributed by atoms with van der Waals surface area (Å²) in [5.74, 6) is 0.192. The number of aromatic nitrogens is 2. The molecule has 0 saturated carbocycles. The lowest BCUT2D eigenvalue weighted by Gasteiger charge is -2.05. The maximum absolute atomic E-state index is 10.8. The van der Waals surface area contributed by atoms with Crippen LogP contribution in [0.2, 0.25) is 0 Å². The summed E-state index contributed by atoms with van der Waals surface area (Å²) in [6.45, 7) is 2.75. The smallest absolute Gasteiger partial charge is 0.335 e. The summed E-state index contributed by atoms with van der Waals surface area (Å²) in [7, 11) is 0. The van der Waals surface area contributed by atoms with E-state index in [2.05, 4.69) is 21.0 Å². The highest BCUT2D eigenvalue weighted by molar-refractivity contribution is 9.10. The van der Waals surface area contributed by atoms with E-state index in [4.69, 9.17) is 9.84 Å². The van der Waals surface area contributed by atoms with Gasteiger partial charge in [0.15, 0.2) is 5.75 Å². The van der Waals surface area contributed by atoms with Gasteiger partial charge in [-0.15, -0.1) is 0 Å². The molecule has 0 aliphatic heterocycles. The summed E-state index contributed by atoms with van der Waals surface area (Å²) in [4.78, 5) is 10.8. The van der Waals surface area contributed by atoms with Gasteiger partial charge in [-0.3, -0.25) is 4.68 Å². The number of rotatable bonds is 4. The first kappa shape index (κ1) is 12.6. The predicted molar refractivity (Wildman–Crippen MR) is 69.1 cm³/mol. The first-order valence-corrected chi connectivity index (χ1v) is 6.12. The monoisotopic (exact) mass is 310 g/mol. The molecule has 0 aliphatic carbocycles. The molecule has 1 aromatic heterocycles. The molecule has 1 aromatic carbocycles. The highest BCUT2D eigenvalue weighted by Crippen LogP contribution is 2.30. The van der Waals surface area contributed by atoms with Crippen LogP contribution in [0.1, 0.15) is 17.3 Å². The first-order chi connectivity index (χ1) is 8.60. The Balaban J connectivity index is 2.21. The van der Waals surface area contributed by atoms with Crippen LogP contribution in [-0.2, 0) is 6.54 Å². The minimum absolute atomic E-state index is 0.207. The number of ether oxygens (including phenoxy) is 1. The number of benzene rings is 1. The number of halogens is 1. The minimum atomic E-state index is -0.971. The van der Waals surface area contributed by atoms with Crippen LogP contribution in [0.4, 0.5) is 0 Å². The average Bonchev–Trinajstić information content (AvgIpc) is 2.79. The molecule has 0 bridgehead atoms. The van der Waals surface area contributed by atoms with E-state index in [1.807, 2.05) is 6.92 Å². The van der Waals surface area contributed by atoms with E-state index in [1.165, 1.54) is 12.1 Å². The molecular weight excluding hydrogens is 300 g/mol. The van der Waals surface area contributed by atoms with Crippen LogP contribution in [0.15, 0.2) is 35.1 Å². The van der Waals surface area contributed by atoms with Gasteiger partial charge in [-0.1, -0.05) is 0 Å². The van der Waals surface area contributed by atoms with Gasteiger partial charge >= 0.3 is 5.97 Å². The largest absolute Gasteiger partial charge is 0.478 e. The fourth-order valence-corrected chi connectivity index (χ4v) is 1.87. The molecule has 18 heavy (non-hydrogen) atoms. The van der Waals surface area contributed by atoms with E-state index < -0.39 is 5.97 Å². The Kier molecular flexibility index (Phi) is 3.66. The fourth-order valence-electron chi connectivity index (χ4n) is 1.41. The zero-order valence-corrected chi connectivity index (χ0v) is 11.2. The number of nitrogens with zero attached hydrogens (tertiary/aromatic N) is 2. The lowest BCUT2D eigenvalue weighted by atomic mass is 10.2. The summed E-state index contributed by atoms with van der Waals surface area (Å²) < 4.78 is 7.94. The van der Waals surface area contributed by atoms with Crippen molar-refractivity contribution in [3.05, 3.63) is 40.6 Å². The molecule has 0 atom stereocenters. The summed E-state index contributed by atoms with van der Waals surface area (Å²) >= 11 is 3.28. The van der Waals surface area contributed by atoms with Gasteiger partial charge in [-0.2, -0.15) is 5.10 Å². The zero-order chi connectivity index (χ0) is 13.1. The Morgan fingerprint density at radius 2 is 2.33 bits per heavy atom. The van der Waals surface area contributed by atoms with Crippen LogP contribution in [0, 0.1) is 0 Å². The van der Waals surface area contributed by atoms with Crippen molar-refractivity contribution in [1.82, 2.24) is 9.78 Å². The van der Waals surface area contributed by atoms with Crippen LogP contribution in [-0.4, -0.2) is 20.9 Å². The topological polar surface area (TPSA) is 64.3 Å². The van der Waals surface area contributed by atoms with E-state index in [0.717, 1.165) is 6.54 Å². The minimum Gasteiger partial charge on any atom is -0.478 e. The first-order valence-electron chi connectivity index (χ1n) is 5.33. The Morgan fingerprint density at radius 1 is 1.56 bits per heavy atom. The Morgan fingerprint density at radius 3 is 2.89 bits per heavy atom. The molecule has 6 heteroatoms. The number of carboxylic acids is 1. The third-order valence-corrected chi connectivity index (χ3v) is 2.96. The summed E-state index contributed by atoms with van der Waals surface area (Å²) in [5.41, 5.74) is 0.207. The standard InChI is InChI=1S/C12H11BrN2O3/c1-2-15-7-9(6-14-15)18-11-4-3-8(12(16)17)5-10(11)13/h3-7H,2H2,1H3,(H,16,17). The van der Waals surface area contributed by atoms with Gasteiger partial charge < -0.3 is 9.84 Å². The van der Waals surface area contributed by atoms with Gasteiger partial charge in [0.2, 0.25) is 0 Å². The van der Waals surface area contributed by atoms with Gasteiger partial charge in [0, 0.05) is 6.54 Å². The van der Waals surface area contributed by atoms with Crippen LogP contribution in [0.3, 0.4) is 0 Å². The maximum Gasteiger partial charge on any atom is 0.335 e. The second-order valence-electron chi connectivity index (χ2n) is 3.58. The zero-order valence-electron chi connectivity index (χ0n) is 9.63. The molecule has 2 aromatic rings. The fraction of sp³-hybridized carbons (Fsp3) is 0.167. The molecule has 1 N–H and O–H groups in total. The SMILES string of the molecule is CCn1cc(Oc2ccc(C(=O)O)cc2Br)cn1. The molecule has 0 amide bonds. The Labute approximate surface area is 112 Å². The lowest BCUT2D eigenvalue weighted by molar-refractivity contribution is 0.0697. The third kappa shape index (κ3) is 2.70. The molecule has 0 aliphatic rings. The normalized spacial score (nSPS) is 10.3. The highest BCUT2D eigenvalue weighted by atomic mass is 79.9. The van der Waals surface area contributed by atoms with Gasteiger partial charge in [-0.25, -0.2) is 4.79 Å². The van der Waals surface area contributed by atoms with Crippen LogP contribution >= 0.6 is 15.9 Å². The third-order valence-electron chi connectivity index (χ3n) is 2.34. The van der Waals surface area contributed by atoms with Gasteiger partial charge in [0.1, 0.15) is 5.75 Å². The van der Waals surface area contributed by atoms with Gasteiger partial charge in [0.05, 0.1) is 22.4 Å². The number of carboxylic acid groups (broad SMARTS) is 1. The van der Waals surface area contributed by atoms with Crippen molar-refractivity contribution in [2.24, 2.45) is 0 Å². The second-order valence-corrected chi connectivity index (χ2v) is 4.44. The second kappa shape index (κ2) is 5.22. The van der Waals surface area contributed by atoms with E-state index in [1.54, 1.807) is 23.1 Å². The van der Waals surface area contributed by atoms with E-state index in [0.29, 0.717) is 16.0 Å². The maximum atomic E-state index is 10.8. The number of aryl methyl sites for hydroxylation is 1. The van der Waals surface area contributed by atoms with E-state index in [9.17, 15) is 4.79 Å². The molecule has 2 rings (SSSR count). The number of hydrogen-bond acceptors (Lipinski definition) is 3. The molecule has 0 unspecified atom stereocenters. The quantitative estimate of drug-likeness (QED) is 0.942. The molecule has 0 radical (unpaired) electrons. The average molecular weight is 311 g/mol. The highest BCUT2D eigenvalue weighted by Gasteiger charge is 2.09. The Bertz CT molecular complexity index is 580. The van der Waals surface area contributed by atoms with Crippen molar-refractivity contribution in [2.45, 2.75) is 13.5 Å². The van der Waals surface area contributed by atoms with Gasteiger partial charge in [0.25, 0.3) is 0 Å². The molecule has 0 fully saturated rings. The van der Waals surface area contributed by atoms with Crippen molar-refractivity contribution in [2.75, 3.05) is 0 Å².